The molecule has 0 saturated heterocycles. The number of carbonyl (C=O) groups is 1. The summed E-state index contributed by atoms with van der Waals surface area (Å²) in [6.07, 6.45) is 5.05. The number of hydrogen-bond acceptors (Lipinski definition) is 6. The van der Waals surface area contributed by atoms with Crippen LogP contribution < -0.4 is 5.32 Å². The first-order chi connectivity index (χ1) is 14.3. The normalized spacial score (nSPS) is 10.8. The molecule has 0 spiro atoms. The number of nitrogens with one attached hydrogen (secondary N) is 1. The molecule has 4 rings (SSSR count). The van der Waals surface area contributed by atoms with E-state index in [1.54, 1.807) is 18.7 Å². The molecule has 146 valence electrons. The standard InChI is InChI=1S/C21H19N5O2S/c27-19(23-13-17-8-4-10-22-12-17)15-29-21-25-24-20(18-9-5-11-28-18)26(21)14-16-6-2-1-3-7-16/h1-12H,13-15H2,(H,23,27). The predicted molar refractivity (Wildman–Crippen MR) is 110 cm³/mol. The summed E-state index contributed by atoms with van der Waals surface area (Å²) in [5, 5.41) is 12.1. The Kier molecular flexibility index (Phi) is 6.01. The number of pyridine rings is 1. The fraction of sp³-hybridized carbons (Fsp3) is 0.143. The van der Waals surface area contributed by atoms with Crippen LogP contribution >= 0.6 is 11.8 Å². The van der Waals surface area contributed by atoms with Crippen LogP contribution in [-0.2, 0) is 17.9 Å². The number of rotatable bonds is 8. The molecule has 0 saturated carbocycles. The first kappa shape index (κ1) is 18.9. The summed E-state index contributed by atoms with van der Waals surface area (Å²) in [5.74, 6) is 1.44. The number of hydrogen-bond donors (Lipinski definition) is 1. The van der Waals surface area contributed by atoms with Crippen molar-refractivity contribution in [3.63, 3.8) is 0 Å². The second-order valence-electron chi connectivity index (χ2n) is 6.28. The van der Waals surface area contributed by atoms with E-state index in [0.717, 1.165) is 11.1 Å². The van der Waals surface area contributed by atoms with Gasteiger partial charge in [0.1, 0.15) is 0 Å². The SMILES string of the molecule is O=C(CSc1nnc(-c2ccco2)n1Cc1ccccc1)NCc1cccnc1. The van der Waals surface area contributed by atoms with E-state index < -0.39 is 0 Å². The van der Waals surface area contributed by atoms with Crippen LogP contribution in [0.3, 0.4) is 0 Å². The predicted octanol–water partition coefficient (Wildman–Crippen LogP) is 3.39. The third-order valence-electron chi connectivity index (χ3n) is 4.19. The molecule has 4 aromatic rings. The molecule has 1 amide bonds. The highest BCUT2D eigenvalue weighted by molar-refractivity contribution is 7.99. The smallest absolute Gasteiger partial charge is 0.230 e. The topological polar surface area (TPSA) is 85.8 Å². The largest absolute Gasteiger partial charge is 0.461 e. The number of amides is 1. The average molecular weight is 405 g/mol. The summed E-state index contributed by atoms with van der Waals surface area (Å²) in [7, 11) is 0. The van der Waals surface area contributed by atoms with Gasteiger partial charge >= 0.3 is 0 Å². The zero-order valence-electron chi connectivity index (χ0n) is 15.6. The van der Waals surface area contributed by atoms with Gasteiger partial charge in [-0.05, 0) is 29.3 Å². The lowest BCUT2D eigenvalue weighted by atomic mass is 10.2. The fourth-order valence-corrected chi connectivity index (χ4v) is 3.54. The highest BCUT2D eigenvalue weighted by Gasteiger charge is 2.17. The molecule has 0 radical (unpaired) electrons. The molecular formula is C21H19N5O2S. The summed E-state index contributed by atoms with van der Waals surface area (Å²) < 4.78 is 7.47. The van der Waals surface area contributed by atoms with Gasteiger partial charge in [0, 0.05) is 18.9 Å². The molecule has 3 heterocycles. The van der Waals surface area contributed by atoms with Gasteiger partial charge in [0.15, 0.2) is 10.9 Å². The van der Waals surface area contributed by atoms with Crippen molar-refractivity contribution in [1.29, 1.82) is 0 Å². The molecule has 0 aliphatic carbocycles. The number of thioether (sulfide) groups is 1. The maximum absolute atomic E-state index is 12.3. The van der Waals surface area contributed by atoms with Gasteiger partial charge in [0.2, 0.25) is 11.7 Å². The Hall–Kier alpha value is -3.39. The third-order valence-corrected chi connectivity index (χ3v) is 5.15. The Bertz CT molecular complexity index is 1050. The van der Waals surface area contributed by atoms with Crippen LogP contribution in [0.15, 0.2) is 82.8 Å². The van der Waals surface area contributed by atoms with Crippen molar-refractivity contribution < 1.29 is 9.21 Å². The quantitative estimate of drug-likeness (QED) is 0.452. The third kappa shape index (κ3) is 4.91. The zero-order valence-corrected chi connectivity index (χ0v) is 16.4. The summed E-state index contributed by atoms with van der Waals surface area (Å²) in [6.45, 7) is 1.03. The minimum atomic E-state index is -0.0762. The minimum absolute atomic E-state index is 0.0762. The number of furan rings is 1. The van der Waals surface area contributed by atoms with Gasteiger partial charge in [-0.3, -0.25) is 14.3 Å². The highest BCUT2D eigenvalue weighted by atomic mass is 32.2. The van der Waals surface area contributed by atoms with Crippen LogP contribution in [0.5, 0.6) is 0 Å². The van der Waals surface area contributed by atoms with Crippen molar-refractivity contribution in [2.75, 3.05) is 5.75 Å². The van der Waals surface area contributed by atoms with Gasteiger partial charge in [-0.25, -0.2) is 0 Å². The molecule has 3 aromatic heterocycles. The average Bonchev–Trinajstić information content (AvgIpc) is 3.42. The van der Waals surface area contributed by atoms with Gasteiger partial charge in [-0.2, -0.15) is 0 Å². The number of aromatic nitrogens is 4. The highest BCUT2D eigenvalue weighted by Crippen LogP contribution is 2.25. The molecule has 8 heteroatoms. The van der Waals surface area contributed by atoms with Crippen molar-refractivity contribution >= 4 is 17.7 Å². The Balaban J connectivity index is 1.46. The minimum Gasteiger partial charge on any atom is -0.461 e. The van der Waals surface area contributed by atoms with Crippen LogP contribution in [0.25, 0.3) is 11.6 Å². The molecule has 1 aromatic carbocycles. The lowest BCUT2D eigenvalue weighted by Crippen LogP contribution is -2.24. The Morgan fingerprint density at radius 1 is 1.03 bits per heavy atom. The van der Waals surface area contributed by atoms with E-state index in [1.165, 1.54) is 11.8 Å². The first-order valence-corrected chi connectivity index (χ1v) is 10.1. The van der Waals surface area contributed by atoms with E-state index in [-0.39, 0.29) is 11.7 Å². The molecule has 1 N–H and O–H groups in total. The number of nitrogens with zero attached hydrogens (tertiary/aromatic N) is 4. The second-order valence-corrected chi connectivity index (χ2v) is 7.22. The van der Waals surface area contributed by atoms with Crippen LogP contribution in [0.2, 0.25) is 0 Å². The van der Waals surface area contributed by atoms with Crippen LogP contribution in [-0.4, -0.2) is 31.4 Å². The summed E-state index contributed by atoms with van der Waals surface area (Å²) in [5.41, 5.74) is 2.07. The molecule has 0 fully saturated rings. The van der Waals surface area contributed by atoms with Gasteiger partial charge in [-0.15, -0.1) is 10.2 Å². The maximum atomic E-state index is 12.3. The summed E-state index contributed by atoms with van der Waals surface area (Å²) in [4.78, 5) is 16.3. The van der Waals surface area contributed by atoms with E-state index in [4.69, 9.17) is 4.42 Å². The first-order valence-electron chi connectivity index (χ1n) is 9.09. The molecule has 0 aliphatic heterocycles. The van der Waals surface area contributed by atoms with E-state index in [0.29, 0.717) is 29.8 Å². The maximum Gasteiger partial charge on any atom is 0.230 e. The summed E-state index contributed by atoms with van der Waals surface area (Å²) in [6, 6.07) is 17.5. The molecule has 0 aliphatic rings. The fourth-order valence-electron chi connectivity index (χ4n) is 2.78. The van der Waals surface area contributed by atoms with Crippen LogP contribution in [0.4, 0.5) is 0 Å². The van der Waals surface area contributed by atoms with Crippen molar-refractivity contribution in [1.82, 2.24) is 25.1 Å². The van der Waals surface area contributed by atoms with Gasteiger partial charge < -0.3 is 9.73 Å². The Labute approximate surface area is 172 Å². The second kappa shape index (κ2) is 9.20. The molecule has 7 nitrogen and oxygen atoms in total. The molecule has 0 atom stereocenters. The molecule has 0 bridgehead atoms. The molecular weight excluding hydrogens is 386 g/mol. The molecule has 0 unspecified atom stereocenters. The lowest BCUT2D eigenvalue weighted by molar-refractivity contribution is -0.118. The van der Waals surface area contributed by atoms with Crippen molar-refractivity contribution in [2.24, 2.45) is 0 Å². The van der Waals surface area contributed by atoms with Crippen molar-refractivity contribution in [3.05, 3.63) is 84.4 Å². The van der Waals surface area contributed by atoms with E-state index in [2.05, 4.69) is 20.5 Å². The number of benzene rings is 1. The summed E-state index contributed by atoms with van der Waals surface area (Å²) >= 11 is 1.35. The van der Waals surface area contributed by atoms with Crippen LogP contribution in [0.1, 0.15) is 11.1 Å². The lowest BCUT2D eigenvalue weighted by Gasteiger charge is -2.09. The zero-order chi connectivity index (χ0) is 19.9. The van der Waals surface area contributed by atoms with Gasteiger partial charge in [-0.1, -0.05) is 48.2 Å². The van der Waals surface area contributed by atoms with Gasteiger partial charge in [0.25, 0.3) is 0 Å². The van der Waals surface area contributed by atoms with E-state index in [9.17, 15) is 4.79 Å². The van der Waals surface area contributed by atoms with Crippen molar-refractivity contribution in [2.45, 2.75) is 18.2 Å². The van der Waals surface area contributed by atoms with E-state index in [1.807, 2.05) is 59.2 Å². The number of carbonyl (C=O) groups excluding carboxylic acids is 1. The Morgan fingerprint density at radius 2 is 1.90 bits per heavy atom. The van der Waals surface area contributed by atoms with Gasteiger partial charge in [0.05, 0.1) is 18.6 Å². The molecule has 29 heavy (non-hydrogen) atoms. The van der Waals surface area contributed by atoms with E-state index >= 15 is 0 Å². The Morgan fingerprint density at radius 3 is 2.66 bits per heavy atom. The van der Waals surface area contributed by atoms with Crippen molar-refractivity contribution in [3.8, 4) is 11.6 Å². The monoisotopic (exact) mass is 405 g/mol. The van der Waals surface area contributed by atoms with Crippen LogP contribution in [0, 0.1) is 0 Å².